The molecule has 0 bridgehead atoms. The second-order valence-electron chi connectivity index (χ2n) is 9.11. The van der Waals surface area contributed by atoms with Gasteiger partial charge in [0, 0.05) is 51.5 Å². The molecule has 0 radical (unpaired) electrons. The minimum Gasteiger partial charge on any atom is -0.380 e. The van der Waals surface area contributed by atoms with Crippen LogP contribution in [0, 0.1) is 5.41 Å². The van der Waals surface area contributed by atoms with Crippen LogP contribution in [-0.2, 0) is 9.47 Å². The Balaban J connectivity index is 1.43. The van der Waals surface area contributed by atoms with E-state index in [-0.39, 0.29) is 0 Å². The highest BCUT2D eigenvalue weighted by atomic mass is 127. The van der Waals surface area contributed by atoms with Crippen molar-refractivity contribution in [2.24, 2.45) is 5.41 Å². The minimum atomic E-state index is 0.520. The summed E-state index contributed by atoms with van der Waals surface area (Å²) in [7, 11) is 0. The van der Waals surface area contributed by atoms with E-state index in [1.165, 1.54) is 45.2 Å². The lowest BCUT2D eigenvalue weighted by Gasteiger charge is -2.58. The molecule has 3 saturated heterocycles. The van der Waals surface area contributed by atoms with Crippen molar-refractivity contribution >= 4 is 45.2 Å². The topological polar surface area (TPSA) is 24.9 Å². The molecule has 1 aliphatic carbocycles. The van der Waals surface area contributed by atoms with E-state index in [9.17, 15) is 0 Å². The number of nitrogens with zero attached hydrogens (tertiary/aromatic N) is 2. The maximum absolute atomic E-state index is 5.63. The fourth-order valence-electron chi connectivity index (χ4n) is 5.21. The minimum absolute atomic E-state index is 0.520. The first-order valence-corrected chi connectivity index (χ1v) is 13.2. The molecule has 3 heterocycles. The lowest BCUT2D eigenvalue weighted by atomic mass is 9.74. The van der Waals surface area contributed by atoms with Gasteiger partial charge >= 0.3 is 0 Å². The van der Waals surface area contributed by atoms with E-state index in [0.29, 0.717) is 21.4 Å². The van der Waals surface area contributed by atoms with E-state index < -0.39 is 0 Å². The number of hydrogen-bond acceptors (Lipinski definition) is 4. The van der Waals surface area contributed by atoms with Crippen molar-refractivity contribution < 1.29 is 9.47 Å². The number of allylic oxidation sites excluding steroid dienone is 1. The Morgan fingerprint density at radius 2 is 1.89 bits per heavy atom. The molecule has 1 spiro atoms. The molecule has 0 aromatic heterocycles. The highest BCUT2D eigenvalue weighted by Gasteiger charge is 2.51. The molecule has 2 unspecified atom stereocenters. The number of ether oxygens (including phenoxy) is 2. The molecule has 0 amide bonds. The Morgan fingerprint density at radius 3 is 2.52 bits per heavy atom. The van der Waals surface area contributed by atoms with Crippen LogP contribution in [0.3, 0.4) is 0 Å². The van der Waals surface area contributed by atoms with Crippen LogP contribution in [-0.4, -0.2) is 82.3 Å². The molecule has 3 aliphatic heterocycles. The second-order valence-corrected chi connectivity index (χ2v) is 12.8. The molecular weight excluding hydrogens is 566 g/mol. The number of likely N-dealkylation sites (tertiary alicyclic amines) is 1. The third kappa shape index (κ3) is 5.21. The summed E-state index contributed by atoms with van der Waals surface area (Å²) in [6.45, 7) is 10.9. The fourth-order valence-corrected chi connectivity index (χ4v) is 6.39. The summed E-state index contributed by atoms with van der Waals surface area (Å²) in [6.07, 6.45) is 9.19. The van der Waals surface area contributed by atoms with Gasteiger partial charge in [-0.15, -0.1) is 0 Å². The highest BCUT2D eigenvalue weighted by Crippen LogP contribution is 2.43. The third-order valence-corrected chi connectivity index (χ3v) is 8.41. The van der Waals surface area contributed by atoms with Crippen LogP contribution in [0.1, 0.15) is 39.0 Å². The Morgan fingerprint density at radius 1 is 1.15 bits per heavy atom. The number of alkyl halides is 2. The van der Waals surface area contributed by atoms with Crippen molar-refractivity contribution in [2.45, 2.75) is 59.0 Å². The summed E-state index contributed by atoms with van der Waals surface area (Å²) in [5, 5.41) is 0. The zero-order chi connectivity index (χ0) is 18.9. The number of morpholine rings is 1. The Hall–Kier alpha value is 1.04. The standard InChI is InChI=1S/C21H34I2N2O2/c1-16(22)2-4-19(24-6-8-26-9-7-24)11-17-10-18(23)3-5-20(17)25-12-21(13-25)14-27-15-21/h10,16,18-20H,2-9,11-15H2,1H3/t16?,18?,19-,20-/m1/s1. The van der Waals surface area contributed by atoms with Gasteiger partial charge in [0.2, 0.25) is 0 Å². The molecule has 4 nitrogen and oxygen atoms in total. The maximum atomic E-state index is 5.63. The van der Waals surface area contributed by atoms with Crippen LogP contribution in [0.2, 0.25) is 0 Å². The van der Waals surface area contributed by atoms with Gasteiger partial charge in [0.05, 0.1) is 26.4 Å². The van der Waals surface area contributed by atoms with Gasteiger partial charge in [-0.05, 0) is 32.1 Å². The number of halogens is 2. The lowest BCUT2D eigenvalue weighted by Crippen LogP contribution is -2.68. The third-order valence-electron chi connectivity index (χ3n) is 6.80. The quantitative estimate of drug-likeness (QED) is 0.252. The van der Waals surface area contributed by atoms with Crippen molar-refractivity contribution in [2.75, 3.05) is 52.6 Å². The molecule has 154 valence electrons. The molecule has 4 atom stereocenters. The van der Waals surface area contributed by atoms with Crippen molar-refractivity contribution in [1.29, 1.82) is 0 Å². The highest BCUT2D eigenvalue weighted by molar-refractivity contribution is 14.1. The zero-order valence-electron chi connectivity index (χ0n) is 16.5. The number of hydrogen-bond donors (Lipinski definition) is 0. The van der Waals surface area contributed by atoms with E-state index in [4.69, 9.17) is 9.47 Å². The molecule has 3 fully saturated rings. The molecule has 0 aromatic carbocycles. The Labute approximate surface area is 192 Å². The van der Waals surface area contributed by atoms with Crippen molar-refractivity contribution in [3.05, 3.63) is 11.6 Å². The first kappa shape index (κ1) is 21.3. The molecule has 4 rings (SSSR count). The van der Waals surface area contributed by atoms with Crippen LogP contribution in [0.25, 0.3) is 0 Å². The molecule has 27 heavy (non-hydrogen) atoms. The predicted molar refractivity (Wildman–Crippen MR) is 127 cm³/mol. The van der Waals surface area contributed by atoms with Gasteiger partial charge in [-0.1, -0.05) is 63.8 Å². The van der Waals surface area contributed by atoms with Crippen molar-refractivity contribution in [1.82, 2.24) is 9.80 Å². The summed E-state index contributed by atoms with van der Waals surface area (Å²) in [5.41, 5.74) is 2.25. The average Bonchev–Trinajstić information content (AvgIpc) is 2.58. The summed E-state index contributed by atoms with van der Waals surface area (Å²) in [6, 6.07) is 1.37. The van der Waals surface area contributed by atoms with Gasteiger partial charge in [-0.25, -0.2) is 0 Å². The van der Waals surface area contributed by atoms with Crippen LogP contribution >= 0.6 is 45.2 Å². The van der Waals surface area contributed by atoms with Crippen LogP contribution in [0.15, 0.2) is 11.6 Å². The average molecular weight is 600 g/mol. The van der Waals surface area contributed by atoms with E-state index in [2.05, 4.69) is 68.0 Å². The van der Waals surface area contributed by atoms with E-state index in [1.807, 2.05) is 0 Å². The fraction of sp³-hybridized carbons (Fsp3) is 0.905. The Bertz CT molecular complexity index is 524. The first-order chi connectivity index (χ1) is 13.0. The van der Waals surface area contributed by atoms with E-state index in [1.54, 1.807) is 5.57 Å². The monoisotopic (exact) mass is 600 g/mol. The van der Waals surface area contributed by atoms with Crippen molar-refractivity contribution in [3.63, 3.8) is 0 Å². The smallest absolute Gasteiger partial charge is 0.0594 e. The molecule has 0 aromatic rings. The van der Waals surface area contributed by atoms with Gasteiger partial charge in [-0.3, -0.25) is 9.80 Å². The summed E-state index contributed by atoms with van der Waals surface area (Å²) < 4.78 is 12.6. The Kier molecular flexibility index (Phi) is 7.45. The van der Waals surface area contributed by atoms with E-state index in [0.717, 1.165) is 43.4 Å². The molecule has 6 heteroatoms. The molecule has 4 aliphatic rings. The van der Waals surface area contributed by atoms with Crippen LogP contribution in [0.5, 0.6) is 0 Å². The van der Waals surface area contributed by atoms with Crippen LogP contribution in [0.4, 0.5) is 0 Å². The summed E-state index contributed by atoms with van der Waals surface area (Å²) in [5.74, 6) is 0. The SMILES string of the molecule is CC(I)CC[C@H](CC1=CC(I)CC[C@H]1N1CC2(COC2)C1)N1CCOCC1. The van der Waals surface area contributed by atoms with Crippen LogP contribution < -0.4 is 0 Å². The largest absolute Gasteiger partial charge is 0.380 e. The maximum Gasteiger partial charge on any atom is 0.0594 e. The lowest BCUT2D eigenvalue weighted by molar-refractivity contribution is -0.196. The second kappa shape index (κ2) is 9.45. The predicted octanol–water partition coefficient (Wildman–Crippen LogP) is 3.91. The van der Waals surface area contributed by atoms with Gasteiger partial charge in [0.25, 0.3) is 0 Å². The first-order valence-electron chi connectivity index (χ1n) is 10.7. The molecular formula is C21H34I2N2O2. The van der Waals surface area contributed by atoms with Gasteiger partial charge < -0.3 is 9.47 Å². The summed E-state index contributed by atoms with van der Waals surface area (Å²) >= 11 is 5.23. The van der Waals surface area contributed by atoms with Gasteiger partial charge in [0.15, 0.2) is 0 Å². The van der Waals surface area contributed by atoms with E-state index >= 15 is 0 Å². The molecule has 0 saturated carbocycles. The molecule has 0 N–H and O–H groups in total. The van der Waals surface area contributed by atoms with Gasteiger partial charge in [-0.2, -0.15) is 0 Å². The zero-order valence-corrected chi connectivity index (χ0v) is 20.9. The summed E-state index contributed by atoms with van der Waals surface area (Å²) in [4.78, 5) is 5.47. The van der Waals surface area contributed by atoms with Gasteiger partial charge in [0.1, 0.15) is 0 Å². The number of rotatable bonds is 7. The van der Waals surface area contributed by atoms with Crippen molar-refractivity contribution in [3.8, 4) is 0 Å². The normalized spacial score (nSPS) is 33.8.